The summed E-state index contributed by atoms with van der Waals surface area (Å²) in [5, 5.41) is 19.9. The van der Waals surface area contributed by atoms with Crippen LogP contribution in [0.5, 0.6) is 0 Å². The van der Waals surface area contributed by atoms with Crippen LogP contribution in [-0.4, -0.2) is 324 Å². The quantitative estimate of drug-likeness (QED) is 0.0236. The fourth-order valence-electron chi connectivity index (χ4n) is 16.1. The molecule has 0 spiro atoms. The summed E-state index contributed by atoms with van der Waals surface area (Å²) in [4.78, 5) is 118. The summed E-state index contributed by atoms with van der Waals surface area (Å²) >= 11 is 0. The number of fused-ring (bicyclic) bond motifs is 3. The first kappa shape index (κ1) is 111. The van der Waals surface area contributed by atoms with Crippen molar-refractivity contribution in [1.82, 2.24) is 25.3 Å². The number of esters is 1. The Balaban J connectivity index is 0.868. The average Bonchev–Trinajstić information content (AvgIpc) is 1.61. The minimum Gasteiger partial charge on any atom is -0.465 e. The molecule has 0 unspecified atom stereocenters. The number of benzene rings is 4. The van der Waals surface area contributed by atoms with Gasteiger partial charge in [-0.3, -0.25) is 33.6 Å². The number of ketones is 1. The van der Waals surface area contributed by atoms with Crippen LogP contribution in [0.25, 0.3) is 11.1 Å². The maximum Gasteiger partial charge on any atom is 0.410 e. The lowest BCUT2D eigenvalue weighted by atomic mass is 9.83. The van der Waals surface area contributed by atoms with Gasteiger partial charge in [-0.15, -0.1) is 0 Å². The van der Waals surface area contributed by atoms with E-state index in [0.717, 1.165) is 22.3 Å². The van der Waals surface area contributed by atoms with E-state index < -0.39 is 78.2 Å². The molecule has 0 bridgehead atoms. The monoisotopic (exact) mass is 1830 g/mol. The van der Waals surface area contributed by atoms with Gasteiger partial charge in [0.2, 0.25) is 29.5 Å². The second-order valence-electron chi connectivity index (χ2n) is 33.6. The third kappa shape index (κ3) is 40.0. The van der Waals surface area contributed by atoms with Crippen LogP contribution in [0.3, 0.4) is 0 Å². The first-order chi connectivity index (χ1) is 63.0. The number of carbonyl (C=O) groups excluding carboxylic acids is 8. The summed E-state index contributed by atoms with van der Waals surface area (Å²) in [6.45, 7) is 26.8. The predicted molar refractivity (Wildman–Crippen MR) is 491 cm³/mol. The van der Waals surface area contributed by atoms with Crippen molar-refractivity contribution in [3.8, 4) is 11.1 Å². The number of methoxy groups -OCH3 is 3. The summed E-state index contributed by atoms with van der Waals surface area (Å²) in [7, 11) is 7.89. The molecule has 4 N–H and O–H groups in total. The largest absolute Gasteiger partial charge is 0.465 e. The molecule has 6 rings (SSSR count). The Hall–Kier alpha value is -8.00. The Morgan fingerprint density at radius 3 is 1.48 bits per heavy atom. The lowest BCUT2D eigenvalue weighted by molar-refractivity contribution is -0.149. The summed E-state index contributed by atoms with van der Waals surface area (Å²) in [6.07, 6.45) is -0.0876. The molecule has 32 nitrogen and oxygen atoms in total. The van der Waals surface area contributed by atoms with Gasteiger partial charge in [0.25, 0.3) is 0 Å². The number of ether oxygens (including phenoxy) is 17. The number of anilines is 1. The predicted octanol–water partition coefficient (Wildman–Crippen LogP) is 10.5. The van der Waals surface area contributed by atoms with Crippen molar-refractivity contribution in [3.05, 3.63) is 125 Å². The molecule has 1 aliphatic heterocycles. The Morgan fingerprint density at radius 1 is 0.523 bits per heavy atom. The van der Waals surface area contributed by atoms with Gasteiger partial charge in [-0.05, 0) is 95.9 Å². The number of nitrogens with one attached hydrogen (secondary N) is 3. The summed E-state index contributed by atoms with van der Waals surface area (Å²) in [5.74, 6) is -5.53. The van der Waals surface area contributed by atoms with Crippen LogP contribution in [0, 0.1) is 35.5 Å². The fraction of sp³-hybridized carbons (Fsp3) is 0.673. The zero-order chi connectivity index (χ0) is 94.2. The lowest BCUT2D eigenvalue weighted by Gasteiger charge is -2.41. The maximum atomic E-state index is 15.0. The van der Waals surface area contributed by atoms with E-state index in [0.29, 0.717) is 227 Å². The van der Waals surface area contributed by atoms with Crippen molar-refractivity contribution in [2.24, 2.45) is 35.5 Å². The topological polar surface area (TPSA) is 360 Å². The summed E-state index contributed by atoms with van der Waals surface area (Å²) in [6, 6.07) is 29.4. The number of likely N-dealkylation sites (N-methyl/N-ethyl adjacent to an activating group) is 2. The molecule has 730 valence electrons. The minimum atomic E-state index is -0.964. The normalized spacial score (nSPS) is 15.5. The van der Waals surface area contributed by atoms with Gasteiger partial charge in [-0.25, -0.2) is 4.79 Å². The SMILES string of the molecule is CC[C@H](C)[C@@H]([C@@H](CC(=O)N1CCC[C@H]1[C@H](OC)[C@@H](C)C(=O)N[C@H](C)[C@@H](O)c1ccccc1)OC)N(C)C(=O)[C@@H](CC(=O)[C@H](C(C)C)N(C)C(=O)OCc1ccc(NC(=O)[C@H](CCCCNC(=O)CCOCCOCCOCCOCCOCCOCCOCCOCCOCCOCCOCCOCCOC)CC(=O)OCC2c3ccccc3-c3ccccc32)cc1)C(C)C. The number of carbonyl (C=O) groups is 8. The molecule has 0 aromatic heterocycles. The molecule has 1 heterocycles. The Kier molecular flexibility index (Phi) is 55.2. The Labute approximate surface area is 771 Å². The van der Waals surface area contributed by atoms with E-state index in [1.54, 1.807) is 74.2 Å². The van der Waals surface area contributed by atoms with Crippen molar-refractivity contribution in [2.45, 2.75) is 175 Å². The van der Waals surface area contributed by atoms with Crippen molar-refractivity contribution < 1.29 is 124 Å². The highest BCUT2D eigenvalue weighted by Crippen LogP contribution is 2.45. The zero-order valence-electron chi connectivity index (χ0n) is 79.5. The van der Waals surface area contributed by atoms with E-state index in [9.17, 15) is 38.7 Å². The molecule has 4 aromatic rings. The molecule has 1 saturated heterocycles. The van der Waals surface area contributed by atoms with Crippen LogP contribution >= 0.6 is 0 Å². The number of nitrogens with zero attached hydrogens (tertiary/aromatic N) is 3. The molecule has 0 saturated carbocycles. The molecule has 6 amide bonds. The molecule has 1 fully saturated rings. The summed E-state index contributed by atoms with van der Waals surface area (Å²) in [5.41, 5.74) is 6.01. The first-order valence-electron chi connectivity index (χ1n) is 46.5. The first-order valence-corrected chi connectivity index (χ1v) is 46.5. The fourth-order valence-corrected chi connectivity index (χ4v) is 16.1. The maximum absolute atomic E-state index is 15.0. The highest BCUT2D eigenvalue weighted by Gasteiger charge is 2.44. The molecule has 1 aliphatic carbocycles. The Morgan fingerprint density at radius 2 is 1.01 bits per heavy atom. The van der Waals surface area contributed by atoms with Gasteiger partial charge in [0.1, 0.15) is 13.2 Å². The highest BCUT2D eigenvalue weighted by atomic mass is 16.6. The number of unbranched alkanes of at least 4 members (excludes halogenated alkanes) is 1. The molecule has 11 atom stereocenters. The van der Waals surface area contributed by atoms with Gasteiger partial charge < -0.3 is 116 Å². The van der Waals surface area contributed by atoms with E-state index in [1.807, 2.05) is 96.1 Å². The third-order valence-corrected chi connectivity index (χ3v) is 23.5. The number of hydrogen-bond donors (Lipinski definition) is 4. The lowest BCUT2D eigenvalue weighted by Crippen LogP contribution is -2.55. The highest BCUT2D eigenvalue weighted by molar-refractivity contribution is 5.95. The number of hydrogen-bond acceptors (Lipinski definition) is 26. The van der Waals surface area contributed by atoms with Crippen molar-refractivity contribution in [3.63, 3.8) is 0 Å². The van der Waals surface area contributed by atoms with E-state index in [1.165, 1.54) is 26.2 Å². The van der Waals surface area contributed by atoms with Crippen LogP contribution in [-0.2, 0) is 121 Å². The smallest absolute Gasteiger partial charge is 0.410 e. The number of Topliss-reactive ketones (excluding diaryl/α,β-unsaturated/α-hetero) is 1. The van der Waals surface area contributed by atoms with E-state index in [4.69, 9.17) is 80.5 Å². The number of aliphatic hydroxyl groups is 1. The number of rotatable bonds is 73. The molecule has 2 aliphatic rings. The molecule has 32 heteroatoms. The second-order valence-corrected chi connectivity index (χ2v) is 33.6. The molecular formula is C98H152N6O26. The summed E-state index contributed by atoms with van der Waals surface area (Å²) < 4.78 is 95.2. The average molecular weight is 1830 g/mol. The van der Waals surface area contributed by atoms with Gasteiger partial charge >= 0.3 is 12.1 Å². The van der Waals surface area contributed by atoms with Crippen molar-refractivity contribution in [1.29, 1.82) is 0 Å². The van der Waals surface area contributed by atoms with Gasteiger partial charge in [-0.2, -0.15) is 0 Å². The molecule has 0 radical (unpaired) electrons. The van der Waals surface area contributed by atoms with Crippen LogP contribution < -0.4 is 16.0 Å². The molecule has 130 heavy (non-hydrogen) atoms. The molecule has 4 aromatic carbocycles. The minimum absolute atomic E-state index is 0.0662. The standard InChI is InChI=1S/C98H152N6O26/c1-14-72(6)92(87(115-12)67-89(107)104-39-24-32-85(104)94(116-13)73(7)95(110)100-74(8)93(109)76-25-16-15-17-26-76)102(9)97(112)83(70(2)3)66-86(105)91(71(4)5)103(10)98(113)130-68-75-33-35-78(36-34-75)101-96(111)77(65-90(108)129-69-84-81-30-20-18-28-79(81)80-29-19-21-31-82(80)84)27-22-23-38-99-88(106)37-40-117-43-44-119-47-48-121-51-52-123-55-56-125-59-60-127-63-64-128-62-61-126-58-57-124-54-53-122-50-49-120-46-45-118-42-41-114-11/h15-21,25-26,28-31,33-36,70-74,77,83-85,87,91-94,109H,14,22-24,27,32,37-69H2,1-13H3,(H,99,106)(H,100,110)(H,101,111)/t72-,73+,74+,77+,83-,85-,87+,91-,92-,93+,94+/m0/s1. The number of amides is 6. The van der Waals surface area contributed by atoms with Crippen molar-refractivity contribution in [2.75, 3.05) is 226 Å². The second kappa shape index (κ2) is 64.8. The van der Waals surface area contributed by atoms with E-state index >= 15 is 4.79 Å². The Bertz CT molecular complexity index is 3780. The van der Waals surface area contributed by atoms with Crippen LogP contribution in [0.4, 0.5) is 10.5 Å². The van der Waals surface area contributed by atoms with Crippen LogP contribution in [0.1, 0.15) is 154 Å². The van der Waals surface area contributed by atoms with Crippen molar-refractivity contribution >= 4 is 53.1 Å². The molecular weight excluding hydrogens is 1680 g/mol. The number of aliphatic hydroxyl groups excluding tert-OH is 1. The van der Waals surface area contributed by atoms with Gasteiger partial charge in [-0.1, -0.05) is 152 Å². The zero-order valence-corrected chi connectivity index (χ0v) is 79.5. The van der Waals surface area contributed by atoms with E-state index in [-0.39, 0.29) is 98.6 Å². The van der Waals surface area contributed by atoms with Crippen LogP contribution in [0.2, 0.25) is 0 Å². The van der Waals surface area contributed by atoms with E-state index in [2.05, 4.69) is 28.1 Å². The van der Waals surface area contributed by atoms with Gasteiger partial charge in [0.15, 0.2) is 5.78 Å². The van der Waals surface area contributed by atoms with Gasteiger partial charge in [0, 0.05) is 84.8 Å². The number of likely N-dealkylation sites (tertiary alicyclic amines) is 1. The third-order valence-electron chi connectivity index (χ3n) is 23.5. The van der Waals surface area contributed by atoms with Crippen LogP contribution in [0.15, 0.2) is 103 Å². The van der Waals surface area contributed by atoms with Gasteiger partial charge in [0.05, 0.1) is 226 Å².